The second-order valence-corrected chi connectivity index (χ2v) is 5.61. The molecule has 0 aliphatic heterocycles. The maximum Gasteiger partial charge on any atom is 0.0807 e. The molecule has 118 valence electrons. The maximum absolute atomic E-state index is 4.46. The van der Waals surface area contributed by atoms with E-state index in [-0.39, 0.29) is 21.9 Å². The van der Waals surface area contributed by atoms with Crippen LogP contribution in [0, 0.1) is 5.41 Å². The zero-order valence-electron chi connectivity index (χ0n) is 12.8. The molecule has 0 atom stereocenters. The van der Waals surface area contributed by atoms with Gasteiger partial charge in [0.15, 0.2) is 0 Å². The Labute approximate surface area is 141 Å². The van der Waals surface area contributed by atoms with Crippen molar-refractivity contribution in [1.29, 1.82) is 0 Å². The normalized spacial score (nSPS) is 11.7. The quantitative estimate of drug-likeness (QED) is 0.600. The number of rotatable bonds is 6. The van der Waals surface area contributed by atoms with Gasteiger partial charge in [0.1, 0.15) is 0 Å². The summed E-state index contributed by atoms with van der Waals surface area (Å²) in [5.41, 5.74) is 1.77. The average Bonchev–Trinajstić information content (AvgIpc) is 2.49. The first-order valence-electron chi connectivity index (χ1n) is 6.97. The summed E-state index contributed by atoms with van der Waals surface area (Å²) in [7, 11) is 0. The van der Waals surface area contributed by atoms with Crippen LogP contribution in [0.3, 0.4) is 0 Å². The first-order chi connectivity index (χ1) is 10.2. The zero-order valence-corrected chi connectivity index (χ0v) is 13.8. The van der Waals surface area contributed by atoms with Crippen molar-refractivity contribution in [1.82, 2.24) is 9.97 Å². The molecule has 2 heterocycles. The minimum absolute atomic E-state index is 0. The van der Waals surface area contributed by atoms with E-state index < -0.39 is 0 Å². The first kappa shape index (κ1) is 18.2. The summed E-state index contributed by atoms with van der Waals surface area (Å²) in [6.07, 6.45) is 7.15. The third-order valence-corrected chi connectivity index (χ3v) is 2.86. The molecule has 22 heavy (non-hydrogen) atoms. The molecule has 2 rings (SSSR count). The van der Waals surface area contributed by atoms with E-state index in [0.29, 0.717) is 13.1 Å². The van der Waals surface area contributed by atoms with Crippen molar-refractivity contribution in [2.45, 2.75) is 13.8 Å². The van der Waals surface area contributed by atoms with Gasteiger partial charge in [-0.25, -0.2) is 0 Å². The van der Waals surface area contributed by atoms with E-state index in [0.717, 1.165) is 11.4 Å². The smallest absolute Gasteiger partial charge is 0.0807 e. The number of hydrogen-bond donors (Lipinski definition) is 0. The maximum atomic E-state index is 4.46. The Morgan fingerprint density at radius 2 is 1.32 bits per heavy atom. The van der Waals surface area contributed by atoms with E-state index in [9.17, 15) is 0 Å². The second-order valence-electron chi connectivity index (χ2n) is 5.61. The van der Waals surface area contributed by atoms with Crippen LogP contribution in [0.5, 0.6) is 0 Å². The Balaban J connectivity index is 0.00000242. The van der Waals surface area contributed by atoms with E-state index in [1.165, 1.54) is 0 Å². The largest absolute Gasteiger partial charge is 0.290 e. The van der Waals surface area contributed by atoms with Crippen LogP contribution in [0.15, 0.2) is 58.8 Å². The summed E-state index contributed by atoms with van der Waals surface area (Å²) in [6, 6.07) is 11.6. The molecule has 0 unspecified atom stereocenters. The number of nitrogens with zero attached hydrogens (tertiary/aromatic N) is 4. The van der Waals surface area contributed by atoms with Gasteiger partial charge in [-0.15, -0.1) is 0 Å². The Morgan fingerprint density at radius 1 is 0.864 bits per heavy atom. The Hall–Kier alpha value is -1.87. The fourth-order valence-corrected chi connectivity index (χ4v) is 1.73. The van der Waals surface area contributed by atoms with Crippen molar-refractivity contribution < 1.29 is 16.5 Å². The molecule has 0 saturated carbocycles. The van der Waals surface area contributed by atoms with Crippen molar-refractivity contribution in [2.75, 3.05) is 13.1 Å². The second kappa shape index (κ2) is 9.21. The summed E-state index contributed by atoms with van der Waals surface area (Å²) < 4.78 is 0. The first-order valence-corrected chi connectivity index (χ1v) is 6.97. The van der Waals surface area contributed by atoms with E-state index in [1.807, 2.05) is 48.8 Å². The molecule has 2 aromatic rings. The predicted octanol–water partition coefficient (Wildman–Crippen LogP) is 3.04. The Kier molecular flexibility index (Phi) is 7.61. The molecule has 5 heteroatoms. The molecule has 2 aromatic heterocycles. The van der Waals surface area contributed by atoms with E-state index in [4.69, 9.17) is 0 Å². The fraction of sp³-hybridized carbons (Fsp3) is 0.294. The topological polar surface area (TPSA) is 50.5 Å². The monoisotopic (exact) mass is 338 g/mol. The molecular weight excluding hydrogens is 319 g/mol. The number of hydrogen-bond acceptors (Lipinski definition) is 4. The van der Waals surface area contributed by atoms with Crippen molar-refractivity contribution in [2.24, 2.45) is 15.4 Å². The molecule has 0 fully saturated rings. The van der Waals surface area contributed by atoms with Crippen molar-refractivity contribution in [3.63, 3.8) is 0 Å². The summed E-state index contributed by atoms with van der Waals surface area (Å²) >= 11 is 0. The molecule has 0 aliphatic carbocycles. The van der Waals surface area contributed by atoms with Gasteiger partial charge in [0.05, 0.1) is 11.4 Å². The van der Waals surface area contributed by atoms with Crippen LogP contribution in [0.2, 0.25) is 0 Å². The van der Waals surface area contributed by atoms with Gasteiger partial charge in [0, 0.05) is 59.8 Å². The van der Waals surface area contributed by atoms with Crippen LogP contribution >= 0.6 is 0 Å². The minimum Gasteiger partial charge on any atom is -0.290 e. The van der Waals surface area contributed by atoms with E-state index in [1.54, 1.807) is 12.4 Å². The van der Waals surface area contributed by atoms with Gasteiger partial charge in [0.25, 0.3) is 0 Å². The average molecular weight is 339 g/mol. The van der Waals surface area contributed by atoms with Crippen LogP contribution in [0.1, 0.15) is 25.2 Å². The predicted molar refractivity (Wildman–Crippen MR) is 87.2 cm³/mol. The SMILES string of the molecule is CC(C)(CN=Cc1ccccn1)CN=Cc1ccccn1.[Ni]. The molecule has 0 N–H and O–H groups in total. The van der Waals surface area contributed by atoms with Crippen molar-refractivity contribution in [3.8, 4) is 0 Å². The van der Waals surface area contributed by atoms with Gasteiger partial charge in [-0.3, -0.25) is 20.0 Å². The molecule has 0 aromatic carbocycles. The Bertz CT molecular complexity index is 541. The Morgan fingerprint density at radius 3 is 1.68 bits per heavy atom. The van der Waals surface area contributed by atoms with Gasteiger partial charge in [-0.1, -0.05) is 26.0 Å². The molecule has 0 amide bonds. The fourth-order valence-electron chi connectivity index (χ4n) is 1.73. The summed E-state index contributed by atoms with van der Waals surface area (Å²) in [5, 5.41) is 0. The zero-order chi connectivity index (χ0) is 15.0. The van der Waals surface area contributed by atoms with Gasteiger partial charge < -0.3 is 0 Å². The van der Waals surface area contributed by atoms with E-state index in [2.05, 4.69) is 33.8 Å². The van der Waals surface area contributed by atoms with Crippen LogP contribution in [0.25, 0.3) is 0 Å². The standard InChI is InChI=1S/C17H20N4.Ni/c1-17(2,13-18-11-15-7-3-5-9-20-15)14-19-12-16-8-4-6-10-21-16;/h3-12H,13-14H2,1-2H3;. The van der Waals surface area contributed by atoms with Gasteiger partial charge in [0.2, 0.25) is 0 Å². The van der Waals surface area contributed by atoms with Crippen molar-refractivity contribution in [3.05, 3.63) is 60.2 Å². The minimum atomic E-state index is 0. The van der Waals surface area contributed by atoms with Crippen molar-refractivity contribution >= 4 is 12.4 Å². The summed E-state index contributed by atoms with van der Waals surface area (Å²) in [4.78, 5) is 17.3. The molecular formula is C17H20N4Ni. The molecule has 0 aliphatic rings. The van der Waals surface area contributed by atoms with Crippen LogP contribution in [0.4, 0.5) is 0 Å². The summed E-state index contributed by atoms with van der Waals surface area (Å²) in [5.74, 6) is 0. The van der Waals surface area contributed by atoms with Gasteiger partial charge in [-0.2, -0.15) is 0 Å². The van der Waals surface area contributed by atoms with E-state index >= 15 is 0 Å². The number of aliphatic imine (C=N–C) groups is 2. The van der Waals surface area contributed by atoms with Gasteiger partial charge in [-0.05, 0) is 24.3 Å². The molecule has 0 radical (unpaired) electrons. The molecule has 0 saturated heterocycles. The summed E-state index contributed by atoms with van der Waals surface area (Å²) in [6.45, 7) is 5.73. The van der Waals surface area contributed by atoms with Crippen LogP contribution in [-0.4, -0.2) is 35.5 Å². The third kappa shape index (κ3) is 6.73. The van der Waals surface area contributed by atoms with Crippen LogP contribution < -0.4 is 0 Å². The van der Waals surface area contributed by atoms with Crippen LogP contribution in [-0.2, 0) is 16.5 Å². The number of aromatic nitrogens is 2. The molecule has 4 nitrogen and oxygen atoms in total. The number of pyridine rings is 2. The van der Waals surface area contributed by atoms with Gasteiger partial charge >= 0.3 is 0 Å². The third-order valence-electron chi connectivity index (χ3n) is 2.86. The molecule has 0 spiro atoms. The molecule has 0 bridgehead atoms.